The van der Waals surface area contributed by atoms with Crippen LogP contribution in [-0.4, -0.2) is 18.0 Å². The van der Waals surface area contributed by atoms with E-state index in [1.54, 1.807) is 30.3 Å². The van der Waals surface area contributed by atoms with Gasteiger partial charge in [-0.25, -0.2) is 18.1 Å². The molecule has 5 nitrogen and oxygen atoms in total. The minimum absolute atomic E-state index is 0.166. The maximum Gasteiger partial charge on any atom is 0.240 e. The van der Waals surface area contributed by atoms with Crippen LogP contribution in [0.25, 0.3) is 5.69 Å². The largest absolute Gasteiger partial charge is 0.299 e. The molecule has 0 unspecified atom stereocenters. The maximum absolute atomic E-state index is 12.5. The topological polar surface area (TPSA) is 64.0 Å². The van der Waals surface area contributed by atoms with E-state index >= 15 is 0 Å². The summed E-state index contributed by atoms with van der Waals surface area (Å²) in [6.07, 6.45) is 4.20. The normalized spacial score (nSPS) is 14.2. The Morgan fingerprint density at radius 1 is 0.923 bits per heavy atom. The van der Waals surface area contributed by atoms with Gasteiger partial charge in [-0.05, 0) is 49.9 Å². The number of fused-ring (bicyclic) bond motifs is 1. The molecule has 0 radical (unpaired) electrons. The number of imidazole rings is 1. The first-order chi connectivity index (χ1) is 12.6. The van der Waals surface area contributed by atoms with Crippen molar-refractivity contribution in [2.45, 2.75) is 37.1 Å². The van der Waals surface area contributed by atoms with Gasteiger partial charge in [0.05, 0.1) is 17.1 Å². The molecule has 1 N–H and O–H groups in total. The predicted molar refractivity (Wildman–Crippen MR) is 101 cm³/mol. The Kier molecular flexibility index (Phi) is 4.61. The molecule has 26 heavy (non-hydrogen) atoms. The first-order valence-corrected chi connectivity index (χ1v) is 10.3. The second kappa shape index (κ2) is 7.05. The number of hydrogen-bond donors (Lipinski definition) is 1. The van der Waals surface area contributed by atoms with Gasteiger partial charge in [-0.3, -0.25) is 4.57 Å². The molecule has 0 saturated carbocycles. The monoisotopic (exact) mass is 367 g/mol. The molecular weight excluding hydrogens is 346 g/mol. The van der Waals surface area contributed by atoms with Gasteiger partial charge in [0, 0.05) is 11.4 Å². The standard InChI is InChI=1S/C20H21N3O2S/c24-26(25,17-11-5-2-6-12-17)21-15-20-22-18-13-7-8-14-19(18)23(20)16-9-3-1-4-10-16/h1-6,9-12,21H,7-8,13-15H2. The predicted octanol–water partition coefficient (Wildman–Crippen LogP) is 3.23. The van der Waals surface area contributed by atoms with Crippen LogP contribution in [0.15, 0.2) is 65.6 Å². The molecule has 1 aromatic heterocycles. The summed E-state index contributed by atoms with van der Waals surface area (Å²) < 4.78 is 29.9. The lowest BCUT2D eigenvalue weighted by Gasteiger charge is -2.15. The van der Waals surface area contributed by atoms with Crippen LogP contribution in [0.3, 0.4) is 0 Å². The molecule has 4 rings (SSSR count). The molecule has 6 heteroatoms. The smallest absolute Gasteiger partial charge is 0.240 e. The van der Waals surface area contributed by atoms with E-state index in [9.17, 15) is 8.42 Å². The van der Waals surface area contributed by atoms with E-state index in [1.165, 1.54) is 5.69 Å². The summed E-state index contributed by atoms with van der Waals surface area (Å²) in [5.41, 5.74) is 3.32. The lowest BCUT2D eigenvalue weighted by Crippen LogP contribution is -2.25. The first kappa shape index (κ1) is 17.0. The van der Waals surface area contributed by atoms with E-state index in [0.29, 0.717) is 0 Å². The highest BCUT2D eigenvalue weighted by Crippen LogP contribution is 2.26. The van der Waals surface area contributed by atoms with Crippen molar-refractivity contribution in [3.8, 4) is 5.69 Å². The number of para-hydroxylation sites is 1. The third-order valence-corrected chi connectivity index (χ3v) is 6.11. The molecule has 0 saturated heterocycles. The Labute approximate surface area is 153 Å². The molecule has 0 atom stereocenters. The van der Waals surface area contributed by atoms with E-state index in [0.717, 1.165) is 42.9 Å². The molecular formula is C20H21N3O2S. The zero-order valence-corrected chi connectivity index (χ0v) is 15.2. The van der Waals surface area contributed by atoms with Crippen molar-refractivity contribution in [1.82, 2.24) is 14.3 Å². The summed E-state index contributed by atoms with van der Waals surface area (Å²) in [5, 5.41) is 0. The minimum Gasteiger partial charge on any atom is -0.299 e. The molecule has 2 aromatic carbocycles. The summed E-state index contributed by atoms with van der Waals surface area (Å²) in [6.45, 7) is 0.166. The zero-order valence-electron chi connectivity index (χ0n) is 14.4. The minimum atomic E-state index is -3.56. The third-order valence-electron chi connectivity index (χ3n) is 4.69. The van der Waals surface area contributed by atoms with Crippen LogP contribution >= 0.6 is 0 Å². The van der Waals surface area contributed by atoms with Crippen molar-refractivity contribution in [1.29, 1.82) is 0 Å². The van der Waals surface area contributed by atoms with Crippen LogP contribution in [0.2, 0.25) is 0 Å². The van der Waals surface area contributed by atoms with E-state index < -0.39 is 10.0 Å². The summed E-state index contributed by atoms with van der Waals surface area (Å²) in [7, 11) is -3.56. The molecule has 0 spiro atoms. The number of benzene rings is 2. The highest BCUT2D eigenvalue weighted by Gasteiger charge is 2.22. The molecule has 1 heterocycles. The van der Waals surface area contributed by atoms with Crippen molar-refractivity contribution in [2.24, 2.45) is 0 Å². The fraction of sp³-hybridized carbons (Fsp3) is 0.250. The van der Waals surface area contributed by atoms with Crippen molar-refractivity contribution in [2.75, 3.05) is 0 Å². The van der Waals surface area contributed by atoms with Gasteiger partial charge < -0.3 is 0 Å². The Hall–Kier alpha value is -2.44. The number of nitrogens with one attached hydrogen (secondary N) is 1. The van der Waals surface area contributed by atoms with Crippen molar-refractivity contribution in [3.05, 3.63) is 77.9 Å². The SMILES string of the molecule is O=S(=O)(NCc1nc2c(n1-c1ccccc1)CCCC2)c1ccccc1. The van der Waals surface area contributed by atoms with Crippen LogP contribution in [-0.2, 0) is 29.4 Å². The zero-order chi connectivity index (χ0) is 18.0. The molecule has 1 aliphatic carbocycles. The lowest BCUT2D eigenvalue weighted by molar-refractivity contribution is 0.578. The van der Waals surface area contributed by atoms with Crippen molar-refractivity contribution < 1.29 is 8.42 Å². The Morgan fingerprint density at radius 2 is 1.58 bits per heavy atom. The van der Waals surface area contributed by atoms with Gasteiger partial charge in [-0.15, -0.1) is 0 Å². The van der Waals surface area contributed by atoms with E-state index in [2.05, 4.69) is 9.29 Å². The number of nitrogens with zero attached hydrogens (tertiary/aromatic N) is 2. The molecule has 1 aliphatic rings. The summed E-state index contributed by atoms with van der Waals surface area (Å²) in [6, 6.07) is 18.5. The Balaban J connectivity index is 1.68. The molecule has 0 bridgehead atoms. The highest BCUT2D eigenvalue weighted by atomic mass is 32.2. The van der Waals surface area contributed by atoms with Crippen LogP contribution < -0.4 is 4.72 Å². The average Bonchev–Trinajstić information content (AvgIpc) is 3.06. The van der Waals surface area contributed by atoms with Crippen molar-refractivity contribution >= 4 is 10.0 Å². The highest BCUT2D eigenvalue weighted by molar-refractivity contribution is 7.89. The number of hydrogen-bond acceptors (Lipinski definition) is 3. The van der Waals surface area contributed by atoms with Crippen molar-refractivity contribution in [3.63, 3.8) is 0 Å². The fourth-order valence-electron chi connectivity index (χ4n) is 3.44. The number of sulfonamides is 1. The third kappa shape index (κ3) is 3.30. The summed E-state index contributed by atoms with van der Waals surface area (Å²) >= 11 is 0. The van der Waals surface area contributed by atoms with Gasteiger partial charge in [0.25, 0.3) is 0 Å². The molecule has 3 aromatic rings. The van der Waals surface area contributed by atoms with E-state index in [-0.39, 0.29) is 11.4 Å². The number of aromatic nitrogens is 2. The second-order valence-electron chi connectivity index (χ2n) is 6.44. The molecule has 0 fully saturated rings. The van der Waals surface area contributed by atoms with Gasteiger partial charge in [0.15, 0.2) is 0 Å². The van der Waals surface area contributed by atoms with Crippen LogP contribution in [0, 0.1) is 0 Å². The average molecular weight is 367 g/mol. The van der Waals surface area contributed by atoms with Gasteiger partial charge in [-0.1, -0.05) is 36.4 Å². The van der Waals surface area contributed by atoms with E-state index in [4.69, 9.17) is 4.98 Å². The summed E-state index contributed by atoms with van der Waals surface area (Å²) in [4.78, 5) is 5.03. The van der Waals surface area contributed by atoms with Crippen LogP contribution in [0.5, 0.6) is 0 Å². The molecule has 0 amide bonds. The van der Waals surface area contributed by atoms with Gasteiger partial charge in [0.2, 0.25) is 10.0 Å². The fourth-order valence-corrected chi connectivity index (χ4v) is 4.44. The number of rotatable bonds is 5. The lowest BCUT2D eigenvalue weighted by atomic mass is 10.0. The number of aryl methyl sites for hydroxylation is 1. The van der Waals surface area contributed by atoms with Crippen LogP contribution in [0.4, 0.5) is 0 Å². The quantitative estimate of drug-likeness (QED) is 0.753. The molecule has 134 valence electrons. The van der Waals surface area contributed by atoms with Crippen LogP contribution in [0.1, 0.15) is 30.1 Å². The van der Waals surface area contributed by atoms with E-state index in [1.807, 2.05) is 30.3 Å². The summed E-state index contributed by atoms with van der Waals surface area (Å²) in [5.74, 6) is 0.739. The first-order valence-electron chi connectivity index (χ1n) is 8.85. The maximum atomic E-state index is 12.5. The van der Waals surface area contributed by atoms with Gasteiger partial charge >= 0.3 is 0 Å². The Bertz CT molecular complexity index is 996. The van der Waals surface area contributed by atoms with Gasteiger partial charge in [0.1, 0.15) is 5.82 Å². The molecule has 0 aliphatic heterocycles. The Morgan fingerprint density at radius 3 is 2.31 bits per heavy atom. The second-order valence-corrected chi connectivity index (χ2v) is 8.20. The van der Waals surface area contributed by atoms with Gasteiger partial charge in [-0.2, -0.15) is 0 Å².